The number of fused-ring (bicyclic) bond motifs is 1. The van der Waals surface area contributed by atoms with Crippen LogP contribution in [0.5, 0.6) is 0 Å². The minimum atomic E-state index is 0.597. The Hall–Kier alpha value is -1.43. The fourth-order valence-electron chi connectivity index (χ4n) is 5.21. The second-order valence-electron chi connectivity index (χ2n) is 8.50. The van der Waals surface area contributed by atoms with Crippen molar-refractivity contribution in [3.63, 3.8) is 0 Å². The van der Waals surface area contributed by atoms with Crippen molar-refractivity contribution >= 4 is 16.5 Å². The van der Waals surface area contributed by atoms with E-state index < -0.39 is 0 Å². The summed E-state index contributed by atoms with van der Waals surface area (Å²) in [5, 5.41) is 4.81. The van der Waals surface area contributed by atoms with E-state index in [1.54, 1.807) is 11.3 Å². The van der Waals surface area contributed by atoms with Crippen molar-refractivity contribution in [1.29, 1.82) is 0 Å². The molecule has 1 aliphatic carbocycles. The molecule has 0 amide bonds. The SMILES string of the molecule is c1ccc(-c2cnc(N[C@H]3C[C@@H]4CN(CC5CCOCC5)C[C@@H]4C3)s2)cc1. The van der Waals surface area contributed by atoms with Gasteiger partial charge in [0.1, 0.15) is 0 Å². The van der Waals surface area contributed by atoms with Crippen LogP contribution < -0.4 is 5.32 Å². The van der Waals surface area contributed by atoms with Crippen LogP contribution in [-0.2, 0) is 4.74 Å². The highest BCUT2D eigenvalue weighted by Crippen LogP contribution is 2.40. The van der Waals surface area contributed by atoms with Crippen molar-refractivity contribution in [2.45, 2.75) is 31.7 Å². The molecule has 1 aromatic carbocycles. The number of hydrogen-bond acceptors (Lipinski definition) is 5. The summed E-state index contributed by atoms with van der Waals surface area (Å²) in [6.07, 6.45) is 7.12. The van der Waals surface area contributed by atoms with E-state index in [1.165, 1.54) is 55.8 Å². The smallest absolute Gasteiger partial charge is 0.183 e. The Balaban J connectivity index is 1.13. The number of hydrogen-bond donors (Lipinski definition) is 1. The van der Waals surface area contributed by atoms with Gasteiger partial charge in [-0.25, -0.2) is 4.98 Å². The van der Waals surface area contributed by atoms with Crippen LogP contribution in [-0.4, -0.2) is 48.8 Å². The van der Waals surface area contributed by atoms with Gasteiger partial charge in [0.2, 0.25) is 0 Å². The van der Waals surface area contributed by atoms with Crippen LogP contribution in [0.25, 0.3) is 10.4 Å². The number of aromatic nitrogens is 1. The van der Waals surface area contributed by atoms with Gasteiger partial charge in [0, 0.05) is 45.1 Å². The summed E-state index contributed by atoms with van der Waals surface area (Å²) >= 11 is 1.78. The van der Waals surface area contributed by atoms with E-state index in [4.69, 9.17) is 4.74 Å². The molecule has 5 rings (SSSR count). The second kappa shape index (κ2) is 7.90. The minimum absolute atomic E-state index is 0.597. The maximum Gasteiger partial charge on any atom is 0.183 e. The molecule has 1 aromatic heterocycles. The van der Waals surface area contributed by atoms with Gasteiger partial charge in [-0.2, -0.15) is 0 Å². The Kier molecular flexibility index (Phi) is 5.16. The quantitative estimate of drug-likeness (QED) is 0.832. The van der Waals surface area contributed by atoms with Crippen molar-refractivity contribution in [2.75, 3.05) is 38.2 Å². The Labute approximate surface area is 165 Å². The lowest BCUT2D eigenvalue weighted by atomic mass is 10.00. The zero-order valence-electron chi connectivity index (χ0n) is 15.8. The standard InChI is InChI=1S/C22H29N3OS/c1-2-4-17(5-3-1)21-12-23-22(27-21)24-20-10-18-14-25(15-19(18)11-20)13-16-6-8-26-9-7-16/h1-5,12,16,18-20H,6-11,13-15H2,(H,23,24)/t18-,19+,20+. The molecular formula is C22H29N3OS. The highest BCUT2D eigenvalue weighted by Gasteiger charge is 2.41. The molecule has 0 unspecified atom stereocenters. The third-order valence-corrected chi connectivity index (χ3v) is 7.55. The molecule has 4 nitrogen and oxygen atoms in total. The molecule has 1 saturated carbocycles. The summed E-state index contributed by atoms with van der Waals surface area (Å²) in [5.74, 6) is 2.60. The molecule has 3 atom stereocenters. The second-order valence-corrected chi connectivity index (χ2v) is 9.53. The van der Waals surface area contributed by atoms with Gasteiger partial charge in [-0.05, 0) is 49.0 Å². The van der Waals surface area contributed by atoms with Crippen LogP contribution in [0.1, 0.15) is 25.7 Å². The van der Waals surface area contributed by atoms with Crippen molar-refractivity contribution in [2.24, 2.45) is 17.8 Å². The van der Waals surface area contributed by atoms with Crippen LogP contribution in [0.2, 0.25) is 0 Å². The molecule has 3 heterocycles. The average Bonchev–Trinajstić information content (AvgIpc) is 3.39. The van der Waals surface area contributed by atoms with Gasteiger partial charge in [-0.15, -0.1) is 0 Å². The van der Waals surface area contributed by atoms with Crippen LogP contribution >= 0.6 is 11.3 Å². The largest absolute Gasteiger partial charge is 0.381 e. The normalized spacial score (nSPS) is 29.1. The van der Waals surface area contributed by atoms with E-state index in [0.717, 1.165) is 36.1 Å². The van der Waals surface area contributed by atoms with Crippen LogP contribution in [0.3, 0.4) is 0 Å². The van der Waals surface area contributed by atoms with E-state index in [9.17, 15) is 0 Å². The van der Waals surface area contributed by atoms with E-state index in [0.29, 0.717) is 6.04 Å². The van der Waals surface area contributed by atoms with Gasteiger partial charge in [-0.1, -0.05) is 41.7 Å². The molecule has 2 aliphatic heterocycles. The maximum atomic E-state index is 5.51. The summed E-state index contributed by atoms with van der Waals surface area (Å²) in [4.78, 5) is 8.61. The number of benzene rings is 1. The van der Waals surface area contributed by atoms with Gasteiger partial charge >= 0.3 is 0 Å². The molecule has 1 N–H and O–H groups in total. The first kappa shape index (κ1) is 17.7. The fraction of sp³-hybridized carbons (Fsp3) is 0.591. The van der Waals surface area contributed by atoms with E-state index in [2.05, 4.69) is 45.5 Å². The molecule has 144 valence electrons. The molecule has 3 aliphatic rings. The van der Waals surface area contributed by atoms with Gasteiger partial charge in [-0.3, -0.25) is 0 Å². The molecular weight excluding hydrogens is 354 g/mol. The van der Waals surface area contributed by atoms with Crippen molar-refractivity contribution in [1.82, 2.24) is 9.88 Å². The first-order valence-electron chi connectivity index (χ1n) is 10.4. The number of thiazole rings is 1. The van der Waals surface area contributed by atoms with E-state index >= 15 is 0 Å². The number of likely N-dealkylation sites (tertiary alicyclic amines) is 1. The lowest BCUT2D eigenvalue weighted by Crippen LogP contribution is -2.32. The molecule has 0 bridgehead atoms. The molecule has 0 radical (unpaired) electrons. The Morgan fingerprint density at radius 2 is 1.81 bits per heavy atom. The predicted octanol–water partition coefficient (Wildman–Crippen LogP) is 4.36. The summed E-state index contributed by atoms with van der Waals surface area (Å²) in [6, 6.07) is 11.2. The highest BCUT2D eigenvalue weighted by atomic mass is 32.1. The molecule has 0 spiro atoms. The topological polar surface area (TPSA) is 37.4 Å². The average molecular weight is 384 g/mol. The number of ether oxygens (including phenoxy) is 1. The summed E-state index contributed by atoms with van der Waals surface area (Å²) in [7, 11) is 0. The Bertz CT molecular complexity index is 729. The minimum Gasteiger partial charge on any atom is -0.381 e. The summed E-state index contributed by atoms with van der Waals surface area (Å²) < 4.78 is 5.51. The summed E-state index contributed by atoms with van der Waals surface area (Å²) in [6.45, 7) is 5.83. The first-order chi connectivity index (χ1) is 13.3. The van der Waals surface area contributed by atoms with Crippen LogP contribution in [0.15, 0.2) is 36.5 Å². The number of rotatable bonds is 5. The molecule has 27 heavy (non-hydrogen) atoms. The highest BCUT2D eigenvalue weighted by molar-refractivity contribution is 7.18. The first-order valence-corrected chi connectivity index (χ1v) is 11.2. The lowest BCUT2D eigenvalue weighted by molar-refractivity contribution is 0.0545. The zero-order valence-corrected chi connectivity index (χ0v) is 16.7. The molecule has 2 aromatic rings. The van der Waals surface area contributed by atoms with Crippen LogP contribution in [0, 0.1) is 17.8 Å². The van der Waals surface area contributed by atoms with Crippen molar-refractivity contribution < 1.29 is 4.74 Å². The third-order valence-electron chi connectivity index (χ3n) is 6.58. The predicted molar refractivity (Wildman–Crippen MR) is 111 cm³/mol. The summed E-state index contributed by atoms with van der Waals surface area (Å²) in [5.41, 5.74) is 1.26. The number of nitrogens with zero attached hydrogens (tertiary/aromatic N) is 2. The molecule has 2 saturated heterocycles. The number of nitrogens with one attached hydrogen (secondary N) is 1. The van der Waals surface area contributed by atoms with Crippen LogP contribution in [0.4, 0.5) is 5.13 Å². The Morgan fingerprint density at radius 3 is 2.56 bits per heavy atom. The van der Waals surface area contributed by atoms with Gasteiger partial charge in [0.25, 0.3) is 0 Å². The maximum absolute atomic E-state index is 5.51. The van der Waals surface area contributed by atoms with E-state index in [-0.39, 0.29) is 0 Å². The van der Waals surface area contributed by atoms with Crippen molar-refractivity contribution in [3.8, 4) is 10.4 Å². The molecule has 5 heteroatoms. The monoisotopic (exact) mass is 383 g/mol. The van der Waals surface area contributed by atoms with Gasteiger partial charge in [0.15, 0.2) is 5.13 Å². The van der Waals surface area contributed by atoms with E-state index in [1.807, 2.05) is 6.20 Å². The molecule has 3 fully saturated rings. The third kappa shape index (κ3) is 4.05. The Morgan fingerprint density at radius 1 is 1.07 bits per heavy atom. The van der Waals surface area contributed by atoms with Gasteiger partial charge in [0.05, 0.1) is 4.88 Å². The zero-order chi connectivity index (χ0) is 18.1. The fourth-order valence-corrected chi connectivity index (χ4v) is 6.11. The lowest BCUT2D eigenvalue weighted by Gasteiger charge is -2.27. The van der Waals surface area contributed by atoms with Crippen molar-refractivity contribution in [3.05, 3.63) is 36.5 Å². The number of anilines is 1. The van der Waals surface area contributed by atoms with Gasteiger partial charge < -0.3 is 15.0 Å².